The number of amides is 2. The molecule has 7 nitrogen and oxygen atoms in total. The molecule has 1 rings (SSSR count). The van der Waals surface area contributed by atoms with Gasteiger partial charge in [-0.1, -0.05) is 0 Å². The van der Waals surface area contributed by atoms with Gasteiger partial charge in [-0.05, 0) is 12.1 Å². The summed E-state index contributed by atoms with van der Waals surface area (Å²) < 4.78 is 0. The summed E-state index contributed by atoms with van der Waals surface area (Å²) in [6.07, 6.45) is 1.51. The average Bonchev–Trinajstić information content (AvgIpc) is 2.28. The van der Waals surface area contributed by atoms with Crippen LogP contribution >= 0.6 is 0 Å². The average molecular weight is 238 g/mol. The molecule has 0 unspecified atom stereocenters. The highest BCUT2D eigenvalue weighted by Crippen LogP contribution is 2.09. The Hall–Kier alpha value is -2.15. The van der Waals surface area contributed by atoms with Crippen LogP contribution in [0.3, 0.4) is 0 Å². The summed E-state index contributed by atoms with van der Waals surface area (Å²) in [5.74, 6) is -0.474. The molecule has 0 fully saturated rings. The Balaban J connectivity index is 2.62. The van der Waals surface area contributed by atoms with Gasteiger partial charge in [0, 0.05) is 25.9 Å². The highest BCUT2D eigenvalue weighted by Gasteiger charge is 2.08. The minimum atomic E-state index is -0.658. The largest absolute Gasteiger partial charge is 0.368 e. The molecule has 3 N–H and O–H groups in total. The third kappa shape index (κ3) is 4.07. The summed E-state index contributed by atoms with van der Waals surface area (Å²) in [7, 11) is 3.63. The molecule has 7 heteroatoms. The van der Waals surface area contributed by atoms with Gasteiger partial charge in [-0.15, -0.1) is 0 Å². The number of rotatable bonds is 5. The molecule has 0 saturated carbocycles. The third-order valence-corrected chi connectivity index (χ3v) is 1.85. The zero-order valence-electron chi connectivity index (χ0n) is 9.64. The van der Waals surface area contributed by atoms with Crippen LogP contribution in [0.4, 0.5) is 5.82 Å². The van der Waals surface area contributed by atoms with Crippen molar-refractivity contribution in [3.63, 3.8) is 0 Å². The number of hydroxylamine groups is 1. The molecule has 0 aromatic carbocycles. The van der Waals surface area contributed by atoms with E-state index in [4.69, 9.17) is 5.73 Å². The molecule has 2 amide bonds. The van der Waals surface area contributed by atoms with Crippen LogP contribution in [0.1, 0.15) is 10.4 Å². The smallest absolute Gasteiger partial charge is 0.275 e. The Labute approximate surface area is 98.5 Å². The van der Waals surface area contributed by atoms with Crippen LogP contribution in [0.5, 0.6) is 0 Å². The molecule has 17 heavy (non-hydrogen) atoms. The molecule has 0 radical (unpaired) electrons. The molecule has 92 valence electrons. The van der Waals surface area contributed by atoms with Crippen molar-refractivity contribution in [1.82, 2.24) is 10.5 Å². The number of carbonyl (C=O) groups excluding carboxylic acids is 2. The van der Waals surface area contributed by atoms with Gasteiger partial charge in [0.05, 0.1) is 0 Å². The van der Waals surface area contributed by atoms with Gasteiger partial charge >= 0.3 is 0 Å². The fourth-order valence-electron chi connectivity index (χ4n) is 1.04. The maximum atomic E-state index is 11.6. The SMILES string of the molecule is CN(C)c1cc(C(=O)NOCC(N)=O)ccn1. The predicted octanol–water partition coefficient (Wildman–Crippen LogP) is -0.706. The molecule has 0 saturated heterocycles. The Kier molecular flexibility index (Phi) is 4.41. The number of nitrogens with two attached hydrogens (primary N) is 1. The van der Waals surface area contributed by atoms with Crippen LogP contribution in [0.25, 0.3) is 0 Å². The molecule has 0 atom stereocenters. The maximum absolute atomic E-state index is 11.6. The van der Waals surface area contributed by atoms with E-state index in [9.17, 15) is 9.59 Å². The van der Waals surface area contributed by atoms with Crippen LogP contribution in [-0.2, 0) is 9.63 Å². The van der Waals surface area contributed by atoms with Gasteiger partial charge < -0.3 is 10.6 Å². The highest BCUT2D eigenvalue weighted by molar-refractivity contribution is 5.94. The first-order valence-electron chi connectivity index (χ1n) is 4.84. The molecule has 0 bridgehead atoms. The zero-order valence-corrected chi connectivity index (χ0v) is 9.64. The van der Waals surface area contributed by atoms with Crippen LogP contribution < -0.4 is 16.1 Å². The van der Waals surface area contributed by atoms with Crippen LogP contribution in [0, 0.1) is 0 Å². The summed E-state index contributed by atoms with van der Waals surface area (Å²) in [5.41, 5.74) is 7.34. The number of hydrogen-bond acceptors (Lipinski definition) is 5. The second-order valence-corrected chi connectivity index (χ2v) is 3.48. The number of nitrogens with zero attached hydrogens (tertiary/aromatic N) is 2. The molecule has 1 heterocycles. The summed E-state index contributed by atoms with van der Waals surface area (Å²) in [6, 6.07) is 3.14. The summed E-state index contributed by atoms with van der Waals surface area (Å²) in [4.78, 5) is 32.4. The lowest BCUT2D eigenvalue weighted by atomic mass is 10.2. The molecule has 0 aliphatic heterocycles. The number of anilines is 1. The van der Waals surface area contributed by atoms with E-state index in [1.165, 1.54) is 12.3 Å². The Bertz CT molecular complexity index is 420. The minimum absolute atomic E-state index is 0.364. The first kappa shape index (κ1) is 12.9. The Morgan fingerprint density at radius 2 is 2.24 bits per heavy atom. The molecular formula is C10H14N4O3. The van der Waals surface area contributed by atoms with Gasteiger partial charge in [0.25, 0.3) is 5.91 Å². The number of primary amides is 1. The fraction of sp³-hybridized carbons (Fsp3) is 0.300. The number of aromatic nitrogens is 1. The van der Waals surface area contributed by atoms with E-state index in [-0.39, 0.29) is 6.61 Å². The first-order chi connectivity index (χ1) is 8.00. The molecule has 1 aromatic rings. The molecule has 0 spiro atoms. The van der Waals surface area contributed by atoms with Gasteiger partial charge in [-0.3, -0.25) is 14.4 Å². The van der Waals surface area contributed by atoms with Crippen molar-refractivity contribution < 1.29 is 14.4 Å². The summed E-state index contributed by atoms with van der Waals surface area (Å²) in [6.45, 7) is -0.364. The van der Waals surface area contributed by atoms with Crippen molar-refractivity contribution in [3.05, 3.63) is 23.9 Å². The molecular weight excluding hydrogens is 224 g/mol. The van der Waals surface area contributed by atoms with Crippen LogP contribution in [0.15, 0.2) is 18.3 Å². The van der Waals surface area contributed by atoms with Gasteiger partial charge in [0.15, 0.2) is 6.61 Å². The lowest BCUT2D eigenvalue weighted by molar-refractivity contribution is -0.124. The second kappa shape index (κ2) is 5.80. The van der Waals surface area contributed by atoms with Gasteiger partial charge in [0.2, 0.25) is 5.91 Å². The number of nitrogens with one attached hydrogen (secondary N) is 1. The lowest BCUT2D eigenvalue weighted by Crippen LogP contribution is -2.29. The maximum Gasteiger partial charge on any atom is 0.275 e. The van der Waals surface area contributed by atoms with E-state index in [0.717, 1.165) is 0 Å². The van der Waals surface area contributed by atoms with Crippen molar-refractivity contribution in [1.29, 1.82) is 0 Å². The first-order valence-corrected chi connectivity index (χ1v) is 4.84. The van der Waals surface area contributed by atoms with Gasteiger partial charge in [-0.2, -0.15) is 0 Å². The third-order valence-electron chi connectivity index (χ3n) is 1.85. The van der Waals surface area contributed by atoms with Gasteiger partial charge in [0.1, 0.15) is 5.82 Å². The van der Waals surface area contributed by atoms with Gasteiger partial charge in [-0.25, -0.2) is 10.5 Å². The number of pyridine rings is 1. The van der Waals surface area contributed by atoms with Crippen molar-refractivity contribution in [3.8, 4) is 0 Å². The number of carbonyl (C=O) groups is 2. The van der Waals surface area contributed by atoms with Crippen molar-refractivity contribution in [2.45, 2.75) is 0 Å². The van der Waals surface area contributed by atoms with Crippen LogP contribution in [0.2, 0.25) is 0 Å². The van der Waals surface area contributed by atoms with E-state index in [1.807, 2.05) is 14.1 Å². The lowest BCUT2D eigenvalue weighted by Gasteiger charge is -2.11. The second-order valence-electron chi connectivity index (χ2n) is 3.48. The van der Waals surface area contributed by atoms with E-state index in [1.54, 1.807) is 11.0 Å². The summed E-state index contributed by atoms with van der Waals surface area (Å²) in [5, 5.41) is 0. The predicted molar refractivity (Wildman–Crippen MR) is 61.2 cm³/mol. The topological polar surface area (TPSA) is 97.5 Å². The van der Waals surface area contributed by atoms with E-state index in [0.29, 0.717) is 11.4 Å². The van der Waals surface area contributed by atoms with Crippen molar-refractivity contribution in [2.24, 2.45) is 5.73 Å². The molecule has 0 aliphatic rings. The quantitative estimate of drug-likeness (QED) is 0.661. The highest BCUT2D eigenvalue weighted by atomic mass is 16.7. The van der Waals surface area contributed by atoms with Crippen molar-refractivity contribution >= 4 is 17.6 Å². The Morgan fingerprint density at radius 1 is 1.53 bits per heavy atom. The monoisotopic (exact) mass is 238 g/mol. The van der Waals surface area contributed by atoms with Crippen LogP contribution in [-0.4, -0.2) is 37.5 Å². The van der Waals surface area contributed by atoms with Crippen molar-refractivity contribution in [2.75, 3.05) is 25.6 Å². The fourth-order valence-corrected chi connectivity index (χ4v) is 1.04. The molecule has 0 aliphatic carbocycles. The normalized spacial score (nSPS) is 9.76. The summed E-state index contributed by atoms with van der Waals surface area (Å²) >= 11 is 0. The standard InChI is InChI=1S/C10H14N4O3/c1-14(2)9-5-7(3-4-12-9)10(16)13-17-6-8(11)15/h3-5H,6H2,1-2H3,(H2,11,15)(H,13,16). The zero-order chi connectivity index (χ0) is 12.8. The van der Waals surface area contributed by atoms with E-state index >= 15 is 0 Å². The Morgan fingerprint density at radius 3 is 2.82 bits per heavy atom. The minimum Gasteiger partial charge on any atom is -0.368 e. The molecule has 1 aromatic heterocycles. The van der Waals surface area contributed by atoms with E-state index in [2.05, 4.69) is 15.3 Å². The number of hydrogen-bond donors (Lipinski definition) is 2. The van der Waals surface area contributed by atoms with E-state index < -0.39 is 11.8 Å².